The molecular formula is C11H9BrN6O2. The number of halogens is 1. The number of tetrazole rings is 1. The Labute approximate surface area is 121 Å². The van der Waals surface area contributed by atoms with Crippen LogP contribution < -0.4 is 5.32 Å². The number of H-pyrrole nitrogens is 1. The maximum absolute atomic E-state index is 12.1. The lowest BCUT2D eigenvalue weighted by Crippen LogP contribution is -2.33. The third-order valence-corrected chi connectivity index (χ3v) is 3.37. The number of aromatic nitrogens is 4. The van der Waals surface area contributed by atoms with Gasteiger partial charge in [-0.1, -0.05) is 21.0 Å². The van der Waals surface area contributed by atoms with Crippen LogP contribution in [0.4, 0.5) is 5.95 Å². The number of amides is 2. The number of hydrogen-bond acceptors (Lipinski definition) is 5. The predicted octanol–water partition coefficient (Wildman–Crippen LogP) is 0.557. The van der Waals surface area contributed by atoms with Gasteiger partial charge in [0.15, 0.2) is 0 Å². The number of carbonyl (C=O) groups is 2. The second-order valence-electron chi connectivity index (χ2n) is 4.25. The summed E-state index contributed by atoms with van der Waals surface area (Å²) in [6, 6.07) is 5.43. The maximum Gasteiger partial charge on any atom is 0.269 e. The zero-order valence-electron chi connectivity index (χ0n) is 10.1. The molecule has 0 atom stereocenters. The fourth-order valence-corrected chi connectivity index (χ4v) is 2.44. The summed E-state index contributed by atoms with van der Waals surface area (Å²) in [5.74, 6) is -0.440. The quantitative estimate of drug-likeness (QED) is 0.852. The SMILES string of the molecule is O=C(CN1Cc2cc(Br)ccc2C1=O)Nc1nn[nH]n1. The molecule has 1 aromatic carbocycles. The van der Waals surface area contributed by atoms with Crippen LogP contribution in [-0.2, 0) is 11.3 Å². The van der Waals surface area contributed by atoms with E-state index in [1.165, 1.54) is 4.90 Å². The van der Waals surface area contributed by atoms with Crippen LogP contribution >= 0.6 is 15.9 Å². The normalized spacial score (nSPS) is 13.4. The van der Waals surface area contributed by atoms with Gasteiger partial charge in [-0.05, 0) is 29.0 Å². The molecule has 1 aliphatic rings. The van der Waals surface area contributed by atoms with E-state index in [2.05, 4.69) is 41.9 Å². The van der Waals surface area contributed by atoms with Crippen molar-refractivity contribution in [1.82, 2.24) is 25.5 Å². The summed E-state index contributed by atoms with van der Waals surface area (Å²) in [4.78, 5) is 25.4. The highest BCUT2D eigenvalue weighted by Crippen LogP contribution is 2.25. The first-order valence-corrected chi connectivity index (χ1v) is 6.54. The third kappa shape index (κ3) is 2.39. The van der Waals surface area contributed by atoms with Crippen molar-refractivity contribution in [2.24, 2.45) is 0 Å². The van der Waals surface area contributed by atoms with Crippen LogP contribution in [0.5, 0.6) is 0 Å². The van der Waals surface area contributed by atoms with Gasteiger partial charge in [0.05, 0.1) is 0 Å². The summed E-state index contributed by atoms with van der Waals surface area (Å²) in [7, 11) is 0. The summed E-state index contributed by atoms with van der Waals surface area (Å²) in [6.07, 6.45) is 0. The van der Waals surface area contributed by atoms with Gasteiger partial charge in [0, 0.05) is 16.6 Å². The zero-order valence-corrected chi connectivity index (χ0v) is 11.7. The van der Waals surface area contributed by atoms with Crippen molar-refractivity contribution >= 4 is 33.7 Å². The van der Waals surface area contributed by atoms with E-state index in [0.717, 1.165) is 10.0 Å². The molecule has 102 valence electrons. The fourth-order valence-electron chi connectivity index (χ4n) is 2.03. The minimum Gasteiger partial charge on any atom is -0.325 e. The lowest BCUT2D eigenvalue weighted by atomic mass is 10.1. The number of carbonyl (C=O) groups excluding carboxylic acids is 2. The van der Waals surface area contributed by atoms with E-state index in [1.54, 1.807) is 12.1 Å². The van der Waals surface area contributed by atoms with Crippen LogP contribution in [0.2, 0.25) is 0 Å². The summed E-state index contributed by atoms with van der Waals surface area (Å²) < 4.78 is 0.905. The standard InChI is InChI=1S/C11H9BrN6O2/c12-7-1-2-8-6(3-7)4-18(10(8)20)5-9(19)13-11-14-16-17-15-11/h1-3H,4-5H2,(H2,13,14,15,16,17,19). The average molecular weight is 337 g/mol. The van der Waals surface area contributed by atoms with Crippen LogP contribution in [0.1, 0.15) is 15.9 Å². The summed E-state index contributed by atoms with van der Waals surface area (Å²) in [5, 5.41) is 15.2. The van der Waals surface area contributed by atoms with Gasteiger partial charge in [-0.2, -0.15) is 5.21 Å². The van der Waals surface area contributed by atoms with Gasteiger partial charge < -0.3 is 4.90 Å². The number of aromatic amines is 1. The molecule has 0 saturated carbocycles. The molecule has 2 aromatic rings. The highest BCUT2D eigenvalue weighted by Gasteiger charge is 2.28. The summed E-state index contributed by atoms with van der Waals surface area (Å²) >= 11 is 3.36. The molecule has 2 amide bonds. The molecule has 9 heteroatoms. The summed E-state index contributed by atoms with van der Waals surface area (Å²) in [6.45, 7) is 0.354. The van der Waals surface area contributed by atoms with E-state index in [1.807, 2.05) is 6.07 Å². The molecule has 2 N–H and O–H groups in total. The molecule has 0 spiro atoms. The molecule has 0 bridgehead atoms. The Morgan fingerprint density at radius 3 is 3.10 bits per heavy atom. The smallest absolute Gasteiger partial charge is 0.269 e. The molecule has 0 aliphatic carbocycles. The second kappa shape index (κ2) is 5.00. The average Bonchev–Trinajstić information content (AvgIpc) is 2.99. The number of benzene rings is 1. The fraction of sp³-hybridized carbons (Fsp3) is 0.182. The minimum absolute atomic E-state index is 0.0559. The van der Waals surface area contributed by atoms with Crippen LogP contribution in [0.25, 0.3) is 0 Å². The van der Waals surface area contributed by atoms with Gasteiger partial charge in [-0.3, -0.25) is 14.9 Å². The van der Waals surface area contributed by atoms with Gasteiger partial charge in [0.1, 0.15) is 6.54 Å². The van der Waals surface area contributed by atoms with Gasteiger partial charge in [-0.25, -0.2) is 0 Å². The van der Waals surface area contributed by atoms with E-state index < -0.39 is 0 Å². The number of hydrogen-bond donors (Lipinski definition) is 2. The molecular weight excluding hydrogens is 328 g/mol. The van der Waals surface area contributed by atoms with Crippen molar-refractivity contribution < 1.29 is 9.59 Å². The summed E-state index contributed by atoms with van der Waals surface area (Å²) in [5.41, 5.74) is 1.53. The van der Waals surface area contributed by atoms with Gasteiger partial charge >= 0.3 is 0 Å². The largest absolute Gasteiger partial charge is 0.325 e. The monoisotopic (exact) mass is 336 g/mol. The molecule has 0 saturated heterocycles. The van der Waals surface area contributed by atoms with Crippen molar-refractivity contribution in [2.75, 3.05) is 11.9 Å². The molecule has 20 heavy (non-hydrogen) atoms. The zero-order chi connectivity index (χ0) is 14.1. The predicted molar refractivity (Wildman–Crippen MR) is 71.7 cm³/mol. The van der Waals surface area contributed by atoms with E-state index in [0.29, 0.717) is 12.1 Å². The molecule has 0 unspecified atom stereocenters. The third-order valence-electron chi connectivity index (χ3n) is 2.88. The van der Waals surface area contributed by atoms with Crippen LogP contribution in [0, 0.1) is 0 Å². The number of rotatable bonds is 3. The van der Waals surface area contributed by atoms with Crippen LogP contribution in [-0.4, -0.2) is 43.9 Å². The Balaban J connectivity index is 1.68. The Hall–Kier alpha value is -2.29. The van der Waals surface area contributed by atoms with E-state index >= 15 is 0 Å². The van der Waals surface area contributed by atoms with Crippen molar-refractivity contribution in [3.8, 4) is 0 Å². The minimum atomic E-state index is -0.369. The first kappa shape index (κ1) is 12.7. The molecule has 8 nitrogen and oxygen atoms in total. The number of nitrogens with zero attached hydrogens (tertiary/aromatic N) is 4. The Bertz CT molecular complexity index is 672. The first-order valence-electron chi connectivity index (χ1n) is 5.74. The Kier molecular flexibility index (Phi) is 3.18. The molecule has 1 aromatic heterocycles. The molecule has 0 radical (unpaired) electrons. The Morgan fingerprint density at radius 1 is 1.50 bits per heavy atom. The number of nitrogens with one attached hydrogen (secondary N) is 2. The van der Waals surface area contributed by atoms with Gasteiger partial charge in [-0.15, -0.1) is 5.10 Å². The highest BCUT2D eigenvalue weighted by molar-refractivity contribution is 9.10. The van der Waals surface area contributed by atoms with E-state index in [4.69, 9.17) is 0 Å². The first-order chi connectivity index (χ1) is 9.63. The van der Waals surface area contributed by atoms with Crippen molar-refractivity contribution in [3.05, 3.63) is 33.8 Å². The van der Waals surface area contributed by atoms with Crippen molar-refractivity contribution in [3.63, 3.8) is 0 Å². The molecule has 1 aliphatic heterocycles. The van der Waals surface area contributed by atoms with Gasteiger partial charge in [0.2, 0.25) is 5.91 Å². The number of fused-ring (bicyclic) bond motifs is 1. The Morgan fingerprint density at radius 2 is 2.35 bits per heavy atom. The maximum atomic E-state index is 12.1. The van der Waals surface area contributed by atoms with E-state index in [9.17, 15) is 9.59 Å². The lowest BCUT2D eigenvalue weighted by Gasteiger charge is -2.13. The topological polar surface area (TPSA) is 104 Å². The molecule has 0 fully saturated rings. The molecule has 2 heterocycles. The second-order valence-corrected chi connectivity index (χ2v) is 5.16. The van der Waals surface area contributed by atoms with E-state index in [-0.39, 0.29) is 24.3 Å². The van der Waals surface area contributed by atoms with Gasteiger partial charge in [0.25, 0.3) is 11.9 Å². The van der Waals surface area contributed by atoms with Crippen molar-refractivity contribution in [2.45, 2.75) is 6.54 Å². The van der Waals surface area contributed by atoms with Crippen LogP contribution in [0.15, 0.2) is 22.7 Å². The highest BCUT2D eigenvalue weighted by atomic mass is 79.9. The van der Waals surface area contributed by atoms with Crippen LogP contribution in [0.3, 0.4) is 0 Å². The lowest BCUT2D eigenvalue weighted by molar-refractivity contribution is -0.117. The number of anilines is 1. The van der Waals surface area contributed by atoms with Crippen molar-refractivity contribution in [1.29, 1.82) is 0 Å². The molecule has 3 rings (SSSR count).